The van der Waals surface area contributed by atoms with Gasteiger partial charge in [0, 0.05) is 34.6 Å². The molecule has 0 spiro atoms. The summed E-state index contributed by atoms with van der Waals surface area (Å²) < 4.78 is 39.0. The number of alkyl halides is 3. The molecule has 1 unspecified atom stereocenters. The van der Waals surface area contributed by atoms with Gasteiger partial charge in [-0.1, -0.05) is 29.8 Å². The van der Waals surface area contributed by atoms with Gasteiger partial charge >= 0.3 is 12.1 Å². The number of hydrogen-bond acceptors (Lipinski definition) is 5. The van der Waals surface area contributed by atoms with Gasteiger partial charge in [-0.3, -0.25) is 4.79 Å². The minimum atomic E-state index is -5.15. The molecule has 1 atom stereocenters. The first-order valence-corrected chi connectivity index (χ1v) is 12.0. The highest BCUT2D eigenvalue weighted by atomic mass is 35.5. The largest absolute Gasteiger partial charge is 0.493 e. The van der Waals surface area contributed by atoms with Crippen molar-refractivity contribution in [3.63, 3.8) is 0 Å². The summed E-state index contributed by atoms with van der Waals surface area (Å²) in [6.07, 6.45) is -1.99. The molecule has 0 aliphatic carbocycles. The van der Waals surface area contributed by atoms with Crippen LogP contribution in [-0.2, 0) is 16.1 Å². The van der Waals surface area contributed by atoms with E-state index < -0.39 is 24.2 Å². The highest BCUT2D eigenvalue weighted by molar-refractivity contribution is 6.31. The first-order chi connectivity index (χ1) is 17.2. The molecule has 1 aromatic heterocycles. The molecule has 1 saturated heterocycles. The number of carbonyl (C=O) groups is 2. The van der Waals surface area contributed by atoms with Gasteiger partial charge in [0.15, 0.2) is 0 Å². The molecule has 7 nitrogen and oxygen atoms in total. The number of likely N-dealkylation sites (tertiary alicyclic amines) is 1. The van der Waals surface area contributed by atoms with Crippen LogP contribution >= 0.6 is 11.6 Å². The highest BCUT2D eigenvalue weighted by Gasteiger charge is 2.46. The summed E-state index contributed by atoms with van der Waals surface area (Å²) in [7, 11) is 0. The van der Waals surface area contributed by atoms with Crippen LogP contribution in [0.1, 0.15) is 28.8 Å². The number of para-hydroxylation sites is 1. The minimum absolute atomic E-state index is 0.144. The van der Waals surface area contributed by atoms with Crippen molar-refractivity contribution in [2.24, 2.45) is 5.92 Å². The molecule has 2 aromatic carbocycles. The molecule has 0 bridgehead atoms. The van der Waals surface area contributed by atoms with Gasteiger partial charge in [0.25, 0.3) is 5.91 Å². The van der Waals surface area contributed by atoms with Crippen molar-refractivity contribution in [1.82, 2.24) is 15.2 Å². The maximum atomic E-state index is 13.0. The molecule has 190 valence electrons. The van der Waals surface area contributed by atoms with Crippen LogP contribution in [-0.4, -0.2) is 53.7 Å². The normalized spacial score (nSPS) is 19.3. The second-order valence-electron chi connectivity index (χ2n) is 9.07. The zero-order valence-electron chi connectivity index (χ0n) is 19.1. The quantitative estimate of drug-likeness (QED) is 0.511. The van der Waals surface area contributed by atoms with E-state index in [0.29, 0.717) is 31.0 Å². The Morgan fingerprint density at radius 1 is 1.14 bits per heavy atom. The van der Waals surface area contributed by atoms with E-state index in [1.54, 1.807) is 12.1 Å². The average Bonchev–Trinajstić information content (AvgIpc) is 3.26. The first-order valence-electron chi connectivity index (χ1n) is 11.7. The van der Waals surface area contributed by atoms with Crippen LogP contribution in [0, 0.1) is 5.92 Å². The Morgan fingerprint density at radius 3 is 2.64 bits per heavy atom. The molecule has 2 N–H and O–H groups in total. The van der Waals surface area contributed by atoms with Crippen molar-refractivity contribution in [2.75, 3.05) is 24.7 Å². The van der Waals surface area contributed by atoms with Crippen molar-refractivity contribution in [3.05, 3.63) is 64.8 Å². The number of hydroxylamine groups is 1. The van der Waals surface area contributed by atoms with Crippen LogP contribution in [0.4, 0.5) is 18.9 Å². The monoisotopic (exact) mass is 520 g/mol. The Morgan fingerprint density at radius 2 is 1.89 bits per heavy atom. The number of halogens is 4. The molecule has 11 heteroatoms. The number of piperidine rings is 1. The van der Waals surface area contributed by atoms with Crippen LogP contribution in [0.2, 0.25) is 5.02 Å². The Labute approximate surface area is 210 Å². The molecule has 2 aliphatic rings. The number of hydrogen-bond donors (Lipinski definition) is 2. The number of aromatic amines is 1. The molecule has 2 aliphatic heterocycles. The molecule has 5 rings (SSSR count). The second kappa shape index (κ2) is 9.67. The third-order valence-corrected chi connectivity index (χ3v) is 7.07. The van der Waals surface area contributed by atoms with Crippen molar-refractivity contribution in [1.29, 1.82) is 0 Å². The Kier molecular flexibility index (Phi) is 6.57. The van der Waals surface area contributed by atoms with E-state index in [-0.39, 0.29) is 17.2 Å². The lowest BCUT2D eigenvalue weighted by Gasteiger charge is -2.43. The van der Waals surface area contributed by atoms with Crippen LogP contribution in [0.15, 0.2) is 48.7 Å². The number of amides is 1. The smallest absolute Gasteiger partial charge is 0.361 e. The van der Waals surface area contributed by atoms with Crippen molar-refractivity contribution in [3.8, 4) is 0 Å². The Hall–Kier alpha value is -3.24. The molecule has 1 amide bonds. The number of nitrogens with one attached hydrogen (secondary N) is 2. The fourth-order valence-corrected chi connectivity index (χ4v) is 5.14. The first kappa shape index (κ1) is 24.5. The Balaban J connectivity index is 1.26. The maximum absolute atomic E-state index is 13.0. The summed E-state index contributed by atoms with van der Waals surface area (Å²) in [5.74, 6) is -2.93. The fourth-order valence-electron chi connectivity index (χ4n) is 4.97. The molecule has 3 heterocycles. The number of fused-ring (bicyclic) bond motifs is 2. The lowest BCUT2D eigenvalue weighted by atomic mass is 9.91. The van der Waals surface area contributed by atoms with Gasteiger partial charge in [-0.2, -0.15) is 18.2 Å². The van der Waals surface area contributed by atoms with Gasteiger partial charge in [-0.15, -0.1) is 0 Å². The Bertz CT molecular complexity index is 1290. The SMILES string of the molecule is O=C1NC(C2CCN(CCc3c[nH]c4cc(Cl)ccc34)CC2)N(OC(=O)C(F)(F)F)c2ccccc21. The second-order valence-corrected chi connectivity index (χ2v) is 9.51. The maximum Gasteiger partial charge on any atom is 0.493 e. The molecule has 1 fully saturated rings. The number of carbonyl (C=O) groups excluding carboxylic acids is 2. The van der Waals surface area contributed by atoms with E-state index in [9.17, 15) is 22.8 Å². The van der Waals surface area contributed by atoms with E-state index in [0.717, 1.165) is 28.9 Å². The summed E-state index contributed by atoms with van der Waals surface area (Å²) >= 11 is 6.06. The van der Waals surface area contributed by atoms with E-state index in [1.165, 1.54) is 17.7 Å². The van der Waals surface area contributed by atoms with Gasteiger partial charge < -0.3 is 20.0 Å². The topological polar surface area (TPSA) is 77.7 Å². The summed E-state index contributed by atoms with van der Waals surface area (Å²) in [5, 5.41) is 5.47. The predicted molar refractivity (Wildman–Crippen MR) is 128 cm³/mol. The number of rotatable bonds is 5. The number of nitrogens with zero attached hydrogens (tertiary/aromatic N) is 2. The number of aromatic nitrogens is 1. The van der Waals surface area contributed by atoms with Gasteiger partial charge in [0.1, 0.15) is 6.17 Å². The van der Waals surface area contributed by atoms with Gasteiger partial charge in [-0.05, 0) is 62.2 Å². The lowest BCUT2D eigenvalue weighted by molar-refractivity contribution is -0.203. The summed E-state index contributed by atoms with van der Waals surface area (Å²) in [6, 6.07) is 11.9. The summed E-state index contributed by atoms with van der Waals surface area (Å²) in [4.78, 5) is 34.7. The minimum Gasteiger partial charge on any atom is -0.361 e. The molecular formula is C25H24ClF3N4O3. The lowest BCUT2D eigenvalue weighted by Crippen LogP contribution is -2.59. The molecule has 3 aromatic rings. The van der Waals surface area contributed by atoms with E-state index in [2.05, 4.69) is 15.2 Å². The third kappa shape index (κ3) is 4.87. The predicted octanol–water partition coefficient (Wildman–Crippen LogP) is 4.67. The van der Waals surface area contributed by atoms with Crippen LogP contribution in [0.5, 0.6) is 0 Å². The van der Waals surface area contributed by atoms with E-state index >= 15 is 0 Å². The standard InChI is InChI=1S/C25H24ClF3N4O3/c26-17-5-6-18-16(14-30-20(18)13-17)9-12-32-10-7-15(8-11-32)22-31-23(34)19-3-1-2-4-21(19)33(22)36-24(35)25(27,28)29/h1-6,13-15,22,30H,7-12H2,(H,31,34). The average molecular weight is 521 g/mol. The van der Waals surface area contributed by atoms with Gasteiger partial charge in [-0.25, -0.2) is 4.79 Å². The zero-order chi connectivity index (χ0) is 25.4. The van der Waals surface area contributed by atoms with Crippen LogP contribution in [0.3, 0.4) is 0 Å². The van der Waals surface area contributed by atoms with Crippen LogP contribution < -0.4 is 10.4 Å². The van der Waals surface area contributed by atoms with E-state index in [1.807, 2.05) is 24.4 Å². The summed E-state index contributed by atoms with van der Waals surface area (Å²) in [5.41, 5.74) is 2.47. The van der Waals surface area contributed by atoms with Crippen molar-refractivity contribution >= 4 is 40.1 Å². The van der Waals surface area contributed by atoms with Gasteiger partial charge in [0.2, 0.25) is 0 Å². The molecule has 36 heavy (non-hydrogen) atoms. The van der Waals surface area contributed by atoms with Crippen molar-refractivity contribution < 1.29 is 27.6 Å². The zero-order valence-corrected chi connectivity index (χ0v) is 19.9. The summed E-state index contributed by atoms with van der Waals surface area (Å²) in [6.45, 7) is 2.22. The fraction of sp³-hybridized carbons (Fsp3) is 0.360. The molecular weight excluding hydrogens is 497 g/mol. The van der Waals surface area contributed by atoms with Crippen LogP contribution in [0.25, 0.3) is 10.9 Å². The molecule has 0 saturated carbocycles. The number of anilines is 1. The number of benzene rings is 2. The van der Waals surface area contributed by atoms with Gasteiger partial charge in [0.05, 0.1) is 11.3 Å². The highest BCUT2D eigenvalue weighted by Crippen LogP contribution is 2.34. The number of H-pyrrole nitrogens is 1. The van der Waals surface area contributed by atoms with E-state index in [4.69, 9.17) is 16.4 Å². The van der Waals surface area contributed by atoms with Crippen molar-refractivity contribution in [2.45, 2.75) is 31.6 Å². The molecule has 0 radical (unpaired) electrons. The third-order valence-electron chi connectivity index (χ3n) is 6.84.